The minimum atomic E-state index is -0.970. The van der Waals surface area contributed by atoms with Crippen molar-refractivity contribution in [1.29, 1.82) is 0 Å². The third kappa shape index (κ3) is 5.78. The fourth-order valence-electron chi connectivity index (χ4n) is 3.31. The van der Waals surface area contributed by atoms with Gasteiger partial charge in [-0.25, -0.2) is 14.6 Å². The Bertz CT molecular complexity index is 981. The third-order valence-electron chi connectivity index (χ3n) is 4.88. The van der Waals surface area contributed by atoms with E-state index in [0.717, 1.165) is 37.2 Å². The van der Waals surface area contributed by atoms with E-state index in [0.29, 0.717) is 17.2 Å². The molecule has 0 saturated carbocycles. The number of carboxylic acids is 1. The molecule has 1 N–H and O–H groups in total. The first-order valence-corrected chi connectivity index (χ1v) is 10.5. The van der Waals surface area contributed by atoms with Crippen LogP contribution in [0.5, 0.6) is 5.75 Å². The van der Waals surface area contributed by atoms with Crippen LogP contribution in [0.2, 0.25) is 0 Å². The molecule has 9 heteroatoms. The topological polar surface area (TPSA) is 106 Å². The van der Waals surface area contributed by atoms with Crippen molar-refractivity contribution >= 4 is 11.9 Å². The first kappa shape index (κ1) is 22.2. The van der Waals surface area contributed by atoms with Crippen molar-refractivity contribution in [1.82, 2.24) is 25.0 Å². The molecule has 0 radical (unpaired) electrons. The van der Waals surface area contributed by atoms with Gasteiger partial charge in [-0.05, 0) is 18.6 Å². The van der Waals surface area contributed by atoms with Gasteiger partial charge in [0.2, 0.25) is 5.95 Å². The van der Waals surface area contributed by atoms with Crippen LogP contribution >= 0.6 is 0 Å². The van der Waals surface area contributed by atoms with Crippen LogP contribution in [0, 0.1) is 6.92 Å². The van der Waals surface area contributed by atoms with Gasteiger partial charge in [-0.1, -0.05) is 37.3 Å². The van der Waals surface area contributed by atoms with Gasteiger partial charge in [0.25, 0.3) is 0 Å². The number of aryl methyl sites for hydroxylation is 1. The van der Waals surface area contributed by atoms with Gasteiger partial charge in [0, 0.05) is 43.9 Å². The number of nitrogens with zero attached hydrogens (tertiary/aromatic N) is 6. The average Bonchev–Trinajstić information content (AvgIpc) is 3.25. The zero-order valence-electron chi connectivity index (χ0n) is 18.1. The molecule has 1 aromatic carbocycles. The summed E-state index contributed by atoms with van der Waals surface area (Å²) in [5, 5.41) is 16.6. The lowest BCUT2D eigenvalue weighted by molar-refractivity contribution is -0.137. The second-order valence-electron chi connectivity index (χ2n) is 7.04. The molecule has 31 heavy (non-hydrogen) atoms. The summed E-state index contributed by atoms with van der Waals surface area (Å²) >= 11 is 0. The zero-order valence-corrected chi connectivity index (χ0v) is 18.1. The Hall–Kier alpha value is -3.49. The van der Waals surface area contributed by atoms with E-state index in [9.17, 15) is 4.79 Å². The molecule has 0 bridgehead atoms. The average molecular weight is 425 g/mol. The van der Waals surface area contributed by atoms with Gasteiger partial charge in [0.15, 0.2) is 0 Å². The molecular weight excluding hydrogens is 396 g/mol. The Morgan fingerprint density at radius 3 is 2.48 bits per heavy atom. The summed E-state index contributed by atoms with van der Waals surface area (Å²) in [5.41, 5.74) is 2.39. The van der Waals surface area contributed by atoms with Gasteiger partial charge in [-0.3, -0.25) is 4.79 Å². The molecule has 3 heterocycles. The standard InChI is InChI=1S/C20H22N6O3.C2H6/c1-14-4-2-3-5-18(14)29-16-6-8-25(9-7-16)20-21-10-15(11-22-20)17-12-26(24-23-17)13-19(27)28;1-2/h2-5,10-12,16H,6-9,13H2,1H3,(H,27,28);1-2H3. The number of anilines is 1. The van der Waals surface area contributed by atoms with E-state index in [2.05, 4.69) is 38.2 Å². The van der Waals surface area contributed by atoms with Gasteiger partial charge in [0.1, 0.15) is 24.1 Å². The largest absolute Gasteiger partial charge is 0.490 e. The normalized spacial score (nSPS) is 14.0. The number of aliphatic carboxylic acids is 1. The molecule has 3 aromatic rings. The van der Waals surface area contributed by atoms with E-state index >= 15 is 0 Å². The smallest absolute Gasteiger partial charge is 0.325 e. The summed E-state index contributed by atoms with van der Waals surface area (Å²) in [4.78, 5) is 21.8. The van der Waals surface area contributed by atoms with E-state index < -0.39 is 5.97 Å². The lowest BCUT2D eigenvalue weighted by Gasteiger charge is -2.32. The quantitative estimate of drug-likeness (QED) is 0.643. The van der Waals surface area contributed by atoms with Crippen LogP contribution in [0.15, 0.2) is 42.9 Å². The molecule has 9 nitrogen and oxygen atoms in total. The molecule has 0 spiro atoms. The number of rotatable bonds is 6. The predicted octanol–water partition coefficient (Wildman–Crippen LogP) is 3.20. The van der Waals surface area contributed by atoms with Crippen LogP contribution in [-0.4, -0.2) is 55.2 Å². The molecule has 0 aliphatic carbocycles. The highest BCUT2D eigenvalue weighted by Crippen LogP contribution is 2.24. The van der Waals surface area contributed by atoms with Crippen molar-refractivity contribution in [2.45, 2.75) is 46.3 Å². The summed E-state index contributed by atoms with van der Waals surface area (Å²) in [6.07, 6.45) is 6.95. The van der Waals surface area contributed by atoms with Crippen molar-refractivity contribution in [3.8, 4) is 17.0 Å². The van der Waals surface area contributed by atoms with Crippen molar-refractivity contribution in [2.75, 3.05) is 18.0 Å². The van der Waals surface area contributed by atoms with Crippen molar-refractivity contribution in [3.63, 3.8) is 0 Å². The number of ether oxygens (including phenoxy) is 1. The Balaban J connectivity index is 0.00000132. The monoisotopic (exact) mass is 424 g/mol. The summed E-state index contributed by atoms with van der Waals surface area (Å²) in [7, 11) is 0. The highest BCUT2D eigenvalue weighted by molar-refractivity contribution is 5.66. The van der Waals surface area contributed by atoms with E-state index in [-0.39, 0.29) is 12.6 Å². The van der Waals surface area contributed by atoms with Crippen molar-refractivity contribution in [3.05, 3.63) is 48.4 Å². The second kappa shape index (κ2) is 10.5. The molecule has 2 aromatic heterocycles. The number of para-hydroxylation sites is 1. The molecule has 0 unspecified atom stereocenters. The molecular formula is C22H28N6O3. The zero-order chi connectivity index (χ0) is 22.2. The summed E-state index contributed by atoms with van der Waals surface area (Å²) in [5.74, 6) is 0.645. The van der Waals surface area contributed by atoms with E-state index in [4.69, 9.17) is 9.84 Å². The first-order chi connectivity index (χ1) is 15.1. The molecule has 1 fully saturated rings. The van der Waals surface area contributed by atoms with Crippen LogP contribution in [0.25, 0.3) is 11.3 Å². The number of benzene rings is 1. The minimum Gasteiger partial charge on any atom is -0.490 e. The maximum Gasteiger partial charge on any atom is 0.325 e. The Kier molecular flexibility index (Phi) is 7.53. The number of hydrogen-bond acceptors (Lipinski definition) is 7. The second-order valence-corrected chi connectivity index (χ2v) is 7.04. The number of aromatic nitrogens is 5. The van der Waals surface area contributed by atoms with Gasteiger partial charge < -0.3 is 14.7 Å². The highest BCUT2D eigenvalue weighted by atomic mass is 16.5. The third-order valence-corrected chi connectivity index (χ3v) is 4.88. The first-order valence-electron chi connectivity index (χ1n) is 10.5. The Morgan fingerprint density at radius 2 is 1.84 bits per heavy atom. The molecule has 0 amide bonds. The fourth-order valence-corrected chi connectivity index (χ4v) is 3.31. The Labute approximate surface area is 181 Å². The molecule has 1 aliphatic heterocycles. The number of carboxylic acid groups (broad SMARTS) is 1. The van der Waals surface area contributed by atoms with Gasteiger partial charge in [-0.2, -0.15) is 0 Å². The van der Waals surface area contributed by atoms with Crippen LogP contribution in [0.4, 0.5) is 5.95 Å². The maximum absolute atomic E-state index is 10.7. The van der Waals surface area contributed by atoms with Crippen LogP contribution in [0.3, 0.4) is 0 Å². The number of carbonyl (C=O) groups is 1. The summed E-state index contributed by atoms with van der Waals surface area (Å²) in [6, 6.07) is 8.07. The van der Waals surface area contributed by atoms with Crippen LogP contribution < -0.4 is 9.64 Å². The van der Waals surface area contributed by atoms with Crippen LogP contribution in [-0.2, 0) is 11.3 Å². The van der Waals surface area contributed by atoms with Crippen LogP contribution in [0.1, 0.15) is 32.3 Å². The predicted molar refractivity (Wildman–Crippen MR) is 117 cm³/mol. The molecule has 1 aliphatic rings. The summed E-state index contributed by atoms with van der Waals surface area (Å²) in [6.45, 7) is 7.47. The van der Waals surface area contributed by atoms with Gasteiger partial charge in [0.05, 0.1) is 6.20 Å². The molecule has 4 rings (SSSR count). The van der Waals surface area contributed by atoms with E-state index in [1.807, 2.05) is 32.0 Å². The molecule has 164 valence electrons. The lowest BCUT2D eigenvalue weighted by Crippen LogP contribution is -2.39. The van der Waals surface area contributed by atoms with E-state index in [1.165, 1.54) is 4.68 Å². The minimum absolute atomic E-state index is 0.191. The van der Waals surface area contributed by atoms with Crippen molar-refractivity contribution < 1.29 is 14.6 Å². The number of piperidine rings is 1. The molecule has 0 atom stereocenters. The van der Waals surface area contributed by atoms with Gasteiger partial charge in [-0.15, -0.1) is 5.10 Å². The van der Waals surface area contributed by atoms with Crippen molar-refractivity contribution in [2.24, 2.45) is 0 Å². The lowest BCUT2D eigenvalue weighted by atomic mass is 10.1. The van der Waals surface area contributed by atoms with E-state index in [1.54, 1.807) is 18.6 Å². The molecule has 1 saturated heterocycles. The Morgan fingerprint density at radius 1 is 1.16 bits per heavy atom. The fraction of sp³-hybridized carbons (Fsp3) is 0.409. The number of hydrogen-bond donors (Lipinski definition) is 1. The maximum atomic E-state index is 10.7. The SMILES string of the molecule is CC.Cc1ccccc1OC1CCN(c2ncc(-c3cn(CC(=O)O)nn3)cn2)CC1. The highest BCUT2D eigenvalue weighted by Gasteiger charge is 2.22. The summed E-state index contributed by atoms with van der Waals surface area (Å²) < 4.78 is 7.42. The van der Waals surface area contributed by atoms with Gasteiger partial charge >= 0.3 is 5.97 Å².